The van der Waals surface area contributed by atoms with Crippen molar-refractivity contribution < 1.29 is 4.79 Å². The van der Waals surface area contributed by atoms with E-state index in [1.54, 1.807) is 0 Å². The molecular weight excluding hydrogens is 88.1 g/mol. The lowest BCUT2D eigenvalue weighted by molar-refractivity contribution is -0.132. The van der Waals surface area contributed by atoms with Gasteiger partial charge in [-0.3, -0.25) is 4.79 Å². The molecule has 0 bridgehead atoms. The molecule has 1 fully saturated rings. The van der Waals surface area contributed by atoms with Gasteiger partial charge in [0.05, 0.1) is 0 Å². The lowest BCUT2D eigenvalue weighted by Gasteiger charge is -2.27. The first-order chi connectivity index (χ1) is 3.22. The molecule has 0 amide bonds. The van der Waals surface area contributed by atoms with Crippen molar-refractivity contribution >= 4 is 5.78 Å². The highest BCUT2D eigenvalue weighted by molar-refractivity contribution is 5.86. The van der Waals surface area contributed by atoms with Crippen molar-refractivity contribution in [3.8, 4) is 0 Å². The van der Waals surface area contributed by atoms with E-state index in [-0.39, 0.29) is 0 Å². The molecule has 1 heteroatoms. The Morgan fingerprint density at radius 3 is 2.14 bits per heavy atom. The molecule has 1 aliphatic rings. The summed E-state index contributed by atoms with van der Waals surface area (Å²) in [5.74, 6) is 1.46. The van der Waals surface area contributed by atoms with E-state index in [1.807, 2.05) is 6.92 Å². The monoisotopic (exact) mass is 98.1 g/mol. The van der Waals surface area contributed by atoms with Gasteiger partial charge in [-0.2, -0.15) is 0 Å². The summed E-state index contributed by atoms with van der Waals surface area (Å²) in [7, 11) is 0. The van der Waals surface area contributed by atoms with E-state index in [4.69, 9.17) is 0 Å². The minimum atomic E-state index is 0.361. The quantitative estimate of drug-likeness (QED) is 0.445. The number of Topliss-reactive ketones (excluding diaryl/α,β-unsaturated/α-hetero) is 1. The maximum absolute atomic E-state index is 10.4. The van der Waals surface area contributed by atoms with Gasteiger partial charge in [-0.25, -0.2) is 0 Å². The topological polar surface area (TPSA) is 17.1 Å². The summed E-state index contributed by atoms with van der Waals surface area (Å²) in [4.78, 5) is 10.4. The van der Waals surface area contributed by atoms with Crippen LogP contribution in [0.4, 0.5) is 0 Å². The molecule has 0 unspecified atom stereocenters. The standard InChI is InChI=1S/C6H10O/c1-4-3-6(7)5(4)2/h4-5H,3H2,1-2H3/t4-,5+/m1/s1. The van der Waals surface area contributed by atoms with E-state index in [2.05, 4.69) is 6.92 Å². The minimum Gasteiger partial charge on any atom is -0.299 e. The van der Waals surface area contributed by atoms with Crippen molar-refractivity contribution in [1.82, 2.24) is 0 Å². The molecule has 7 heavy (non-hydrogen) atoms. The highest BCUT2D eigenvalue weighted by Crippen LogP contribution is 2.28. The Kier molecular flexibility index (Phi) is 0.911. The van der Waals surface area contributed by atoms with Gasteiger partial charge >= 0.3 is 0 Å². The van der Waals surface area contributed by atoms with Crippen molar-refractivity contribution in [1.29, 1.82) is 0 Å². The Hall–Kier alpha value is -0.330. The molecule has 0 aromatic carbocycles. The number of hydrogen-bond donors (Lipinski definition) is 0. The third kappa shape index (κ3) is 0.561. The van der Waals surface area contributed by atoms with Crippen LogP contribution >= 0.6 is 0 Å². The summed E-state index contributed by atoms with van der Waals surface area (Å²) in [6, 6.07) is 0. The molecule has 0 aromatic rings. The second kappa shape index (κ2) is 1.32. The van der Waals surface area contributed by atoms with E-state index >= 15 is 0 Å². The Morgan fingerprint density at radius 2 is 2.14 bits per heavy atom. The fraction of sp³-hybridized carbons (Fsp3) is 0.833. The average molecular weight is 98.1 g/mol. The van der Waals surface area contributed by atoms with E-state index < -0.39 is 0 Å². The molecule has 0 N–H and O–H groups in total. The molecule has 0 aromatic heterocycles. The maximum Gasteiger partial charge on any atom is 0.136 e. The third-order valence-corrected chi connectivity index (χ3v) is 1.88. The maximum atomic E-state index is 10.4. The number of hydrogen-bond acceptors (Lipinski definition) is 1. The van der Waals surface area contributed by atoms with Gasteiger partial charge in [-0.15, -0.1) is 0 Å². The van der Waals surface area contributed by atoms with Crippen LogP contribution in [-0.4, -0.2) is 5.78 Å². The molecule has 0 radical (unpaired) electrons. The molecule has 0 aliphatic heterocycles. The number of rotatable bonds is 0. The number of carbonyl (C=O) groups is 1. The van der Waals surface area contributed by atoms with Gasteiger partial charge in [0.25, 0.3) is 0 Å². The molecule has 1 aliphatic carbocycles. The normalized spacial score (nSPS) is 40.6. The summed E-state index contributed by atoms with van der Waals surface area (Å²) in [6.45, 7) is 4.11. The van der Waals surface area contributed by atoms with Gasteiger partial charge in [0.15, 0.2) is 0 Å². The van der Waals surface area contributed by atoms with Gasteiger partial charge in [0.1, 0.15) is 5.78 Å². The first-order valence-electron chi connectivity index (χ1n) is 2.74. The zero-order valence-corrected chi connectivity index (χ0v) is 4.77. The van der Waals surface area contributed by atoms with Crippen LogP contribution in [-0.2, 0) is 4.79 Å². The predicted octanol–water partition coefficient (Wildman–Crippen LogP) is 1.23. The summed E-state index contributed by atoms with van der Waals surface area (Å²) in [5, 5.41) is 0. The lowest BCUT2D eigenvalue weighted by atomic mass is 9.75. The van der Waals surface area contributed by atoms with Crippen LogP contribution in [0.15, 0.2) is 0 Å². The summed E-state index contributed by atoms with van der Waals surface area (Å²) in [6.07, 6.45) is 0.821. The average Bonchev–Trinajstić information content (AvgIpc) is 1.68. The van der Waals surface area contributed by atoms with Crippen LogP contribution in [0.1, 0.15) is 20.3 Å². The predicted molar refractivity (Wildman–Crippen MR) is 28.0 cm³/mol. The first kappa shape index (κ1) is 4.82. The van der Waals surface area contributed by atoms with Gasteiger partial charge in [0.2, 0.25) is 0 Å². The van der Waals surface area contributed by atoms with Crippen LogP contribution in [0.5, 0.6) is 0 Å². The van der Waals surface area contributed by atoms with Gasteiger partial charge in [-0.05, 0) is 5.92 Å². The van der Waals surface area contributed by atoms with Crippen molar-refractivity contribution in [3.63, 3.8) is 0 Å². The second-order valence-corrected chi connectivity index (χ2v) is 2.44. The summed E-state index contributed by atoms with van der Waals surface area (Å²) < 4.78 is 0. The molecule has 0 saturated heterocycles. The van der Waals surface area contributed by atoms with Crippen molar-refractivity contribution in [2.75, 3.05) is 0 Å². The molecule has 40 valence electrons. The van der Waals surface area contributed by atoms with Crippen LogP contribution < -0.4 is 0 Å². The molecule has 2 atom stereocenters. The summed E-state index contributed by atoms with van der Waals surface area (Å²) >= 11 is 0. The summed E-state index contributed by atoms with van der Waals surface area (Å²) in [5.41, 5.74) is 0. The van der Waals surface area contributed by atoms with Crippen molar-refractivity contribution in [3.05, 3.63) is 0 Å². The van der Waals surface area contributed by atoms with Crippen molar-refractivity contribution in [2.45, 2.75) is 20.3 Å². The van der Waals surface area contributed by atoms with E-state index in [0.717, 1.165) is 6.42 Å². The molecule has 1 saturated carbocycles. The van der Waals surface area contributed by atoms with Crippen LogP contribution in [0.25, 0.3) is 0 Å². The Bertz CT molecular complexity index is 96.4. The smallest absolute Gasteiger partial charge is 0.136 e. The zero-order chi connectivity index (χ0) is 5.44. The van der Waals surface area contributed by atoms with E-state index in [9.17, 15) is 4.79 Å². The zero-order valence-electron chi connectivity index (χ0n) is 4.77. The van der Waals surface area contributed by atoms with Gasteiger partial charge < -0.3 is 0 Å². The second-order valence-electron chi connectivity index (χ2n) is 2.44. The fourth-order valence-electron chi connectivity index (χ4n) is 0.837. The van der Waals surface area contributed by atoms with Gasteiger partial charge in [-0.1, -0.05) is 13.8 Å². The minimum absolute atomic E-state index is 0.361. The highest BCUT2D eigenvalue weighted by atomic mass is 16.1. The lowest BCUT2D eigenvalue weighted by Crippen LogP contribution is -2.32. The fourth-order valence-corrected chi connectivity index (χ4v) is 0.837. The largest absolute Gasteiger partial charge is 0.299 e. The molecule has 0 spiro atoms. The Balaban J connectivity index is 2.43. The van der Waals surface area contributed by atoms with Gasteiger partial charge in [0, 0.05) is 12.3 Å². The Labute approximate surface area is 43.7 Å². The molecular formula is C6H10O. The first-order valence-corrected chi connectivity index (χ1v) is 2.74. The SMILES string of the molecule is C[C@@H]1CC(=O)[C@H]1C. The highest BCUT2D eigenvalue weighted by Gasteiger charge is 2.31. The van der Waals surface area contributed by atoms with E-state index in [1.165, 1.54) is 0 Å². The van der Waals surface area contributed by atoms with Crippen molar-refractivity contribution in [2.24, 2.45) is 11.8 Å². The van der Waals surface area contributed by atoms with Crippen LogP contribution in [0, 0.1) is 11.8 Å². The number of ketones is 1. The van der Waals surface area contributed by atoms with Crippen LogP contribution in [0.3, 0.4) is 0 Å². The molecule has 0 heterocycles. The Morgan fingerprint density at radius 1 is 1.57 bits per heavy atom. The third-order valence-electron chi connectivity index (χ3n) is 1.88. The molecule has 1 rings (SSSR count). The number of carbonyl (C=O) groups excluding carboxylic acids is 1. The molecule has 1 nitrogen and oxygen atoms in total. The van der Waals surface area contributed by atoms with E-state index in [0.29, 0.717) is 17.6 Å². The van der Waals surface area contributed by atoms with Crippen LogP contribution in [0.2, 0.25) is 0 Å².